The molecule has 13 heavy (non-hydrogen) atoms. The average Bonchev–Trinajstić information content (AvgIpc) is 2.67. The van der Waals surface area contributed by atoms with Gasteiger partial charge in [-0.15, -0.1) is 0 Å². The molecule has 1 aliphatic heterocycles. The Morgan fingerprint density at radius 2 is 2.38 bits per heavy atom. The molecule has 0 aromatic heterocycles. The second kappa shape index (κ2) is 4.61. The van der Waals surface area contributed by atoms with Crippen LogP contribution < -0.4 is 5.32 Å². The molecular formula is C10H20N2O. The molecule has 0 aromatic carbocycles. The fourth-order valence-corrected chi connectivity index (χ4v) is 1.64. The zero-order valence-corrected chi connectivity index (χ0v) is 8.84. The van der Waals surface area contributed by atoms with Gasteiger partial charge in [0.25, 0.3) is 0 Å². The topological polar surface area (TPSA) is 32.3 Å². The van der Waals surface area contributed by atoms with Crippen molar-refractivity contribution >= 4 is 5.91 Å². The molecule has 0 aliphatic carbocycles. The number of hydrogen-bond donors (Lipinski definition) is 1. The first-order chi connectivity index (χ1) is 6.16. The molecule has 3 heteroatoms. The molecule has 3 nitrogen and oxygen atoms in total. The molecule has 2 unspecified atom stereocenters. The molecule has 1 N–H and O–H groups in total. The summed E-state index contributed by atoms with van der Waals surface area (Å²) in [6.07, 6.45) is 2.03. The van der Waals surface area contributed by atoms with Crippen LogP contribution in [-0.2, 0) is 4.79 Å². The smallest absolute Gasteiger partial charge is 0.226 e. The van der Waals surface area contributed by atoms with E-state index in [1.807, 2.05) is 11.9 Å². The summed E-state index contributed by atoms with van der Waals surface area (Å²) >= 11 is 0. The van der Waals surface area contributed by atoms with E-state index in [4.69, 9.17) is 0 Å². The highest BCUT2D eigenvalue weighted by Gasteiger charge is 2.26. The Bertz CT molecular complexity index is 176. The van der Waals surface area contributed by atoms with E-state index in [0.29, 0.717) is 11.9 Å². The Morgan fingerprint density at radius 1 is 1.69 bits per heavy atom. The molecule has 0 bridgehead atoms. The quantitative estimate of drug-likeness (QED) is 0.705. The molecule has 0 aromatic rings. The molecular weight excluding hydrogens is 164 g/mol. The van der Waals surface area contributed by atoms with E-state index in [2.05, 4.69) is 19.2 Å². The van der Waals surface area contributed by atoms with Crippen LogP contribution in [0.1, 0.15) is 26.7 Å². The van der Waals surface area contributed by atoms with E-state index < -0.39 is 0 Å². The lowest BCUT2D eigenvalue weighted by molar-refractivity contribution is -0.135. The van der Waals surface area contributed by atoms with Gasteiger partial charge >= 0.3 is 0 Å². The monoisotopic (exact) mass is 184 g/mol. The predicted octanol–water partition coefficient (Wildman–Crippen LogP) is 0.853. The summed E-state index contributed by atoms with van der Waals surface area (Å²) in [4.78, 5) is 13.7. The minimum atomic E-state index is 0.221. The second-order valence-corrected chi connectivity index (χ2v) is 3.90. The number of carbonyl (C=O) groups is 1. The van der Waals surface area contributed by atoms with Gasteiger partial charge in [-0.25, -0.2) is 0 Å². The summed E-state index contributed by atoms with van der Waals surface area (Å²) in [5.74, 6) is 0.526. The fourth-order valence-electron chi connectivity index (χ4n) is 1.64. The Balaban J connectivity index is 2.45. The number of nitrogens with zero attached hydrogens (tertiary/aromatic N) is 1. The Labute approximate surface area is 80.5 Å². The molecule has 2 atom stereocenters. The predicted molar refractivity (Wildman–Crippen MR) is 53.5 cm³/mol. The molecule has 1 aliphatic rings. The van der Waals surface area contributed by atoms with Gasteiger partial charge in [0, 0.05) is 19.6 Å². The summed E-state index contributed by atoms with van der Waals surface area (Å²) in [6, 6.07) is 0.369. The molecule has 0 radical (unpaired) electrons. The maximum Gasteiger partial charge on any atom is 0.226 e. The largest absolute Gasteiger partial charge is 0.343 e. The fraction of sp³-hybridized carbons (Fsp3) is 0.900. The van der Waals surface area contributed by atoms with Crippen molar-refractivity contribution in [1.82, 2.24) is 10.2 Å². The molecule has 0 saturated carbocycles. The van der Waals surface area contributed by atoms with Crippen LogP contribution in [0, 0.1) is 5.92 Å². The summed E-state index contributed by atoms with van der Waals surface area (Å²) in [5.41, 5.74) is 0. The van der Waals surface area contributed by atoms with Gasteiger partial charge in [-0.2, -0.15) is 0 Å². The van der Waals surface area contributed by atoms with Crippen LogP contribution in [0.2, 0.25) is 0 Å². The van der Waals surface area contributed by atoms with Crippen molar-refractivity contribution in [1.29, 1.82) is 0 Å². The highest BCUT2D eigenvalue weighted by molar-refractivity contribution is 5.79. The number of amides is 1. The Hall–Kier alpha value is -0.570. The van der Waals surface area contributed by atoms with Gasteiger partial charge in [-0.1, -0.05) is 6.92 Å². The molecule has 1 amide bonds. The van der Waals surface area contributed by atoms with Crippen molar-refractivity contribution in [3.8, 4) is 0 Å². The molecule has 1 heterocycles. The summed E-state index contributed by atoms with van der Waals surface area (Å²) in [5, 5.41) is 3.22. The van der Waals surface area contributed by atoms with Crippen LogP contribution >= 0.6 is 0 Å². The highest BCUT2D eigenvalue weighted by atomic mass is 16.2. The minimum absolute atomic E-state index is 0.221. The third kappa shape index (κ3) is 2.44. The highest BCUT2D eigenvalue weighted by Crippen LogP contribution is 2.13. The van der Waals surface area contributed by atoms with Gasteiger partial charge in [0.05, 0.1) is 5.92 Å². The molecule has 1 rings (SSSR count). The van der Waals surface area contributed by atoms with Crippen LogP contribution in [-0.4, -0.2) is 37.0 Å². The van der Waals surface area contributed by atoms with Crippen LogP contribution in [0.3, 0.4) is 0 Å². The SMILES string of the molecule is CCC(C)N(C)C(=O)C1CCNC1. The van der Waals surface area contributed by atoms with Crippen molar-refractivity contribution in [3.05, 3.63) is 0 Å². The van der Waals surface area contributed by atoms with Crippen LogP contribution in [0.25, 0.3) is 0 Å². The van der Waals surface area contributed by atoms with E-state index in [0.717, 1.165) is 25.9 Å². The van der Waals surface area contributed by atoms with Crippen molar-refractivity contribution in [2.24, 2.45) is 5.92 Å². The first-order valence-electron chi connectivity index (χ1n) is 5.14. The second-order valence-electron chi connectivity index (χ2n) is 3.90. The molecule has 0 spiro atoms. The summed E-state index contributed by atoms with van der Waals surface area (Å²) in [7, 11) is 1.91. The van der Waals surface area contributed by atoms with E-state index in [-0.39, 0.29) is 5.92 Å². The maximum atomic E-state index is 11.8. The normalized spacial score (nSPS) is 24.4. The number of nitrogens with one attached hydrogen (secondary N) is 1. The van der Waals surface area contributed by atoms with Crippen molar-refractivity contribution < 1.29 is 4.79 Å². The minimum Gasteiger partial charge on any atom is -0.343 e. The number of carbonyl (C=O) groups excluding carboxylic acids is 1. The first-order valence-corrected chi connectivity index (χ1v) is 5.14. The third-order valence-corrected chi connectivity index (χ3v) is 3.01. The van der Waals surface area contributed by atoms with Gasteiger partial charge in [0.2, 0.25) is 5.91 Å². The number of hydrogen-bond acceptors (Lipinski definition) is 2. The van der Waals surface area contributed by atoms with Crippen LogP contribution in [0.5, 0.6) is 0 Å². The van der Waals surface area contributed by atoms with Crippen molar-refractivity contribution in [3.63, 3.8) is 0 Å². The van der Waals surface area contributed by atoms with E-state index in [1.165, 1.54) is 0 Å². The van der Waals surface area contributed by atoms with Gasteiger partial charge < -0.3 is 10.2 Å². The van der Waals surface area contributed by atoms with Crippen LogP contribution in [0.4, 0.5) is 0 Å². The lowest BCUT2D eigenvalue weighted by atomic mass is 10.1. The van der Waals surface area contributed by atoms with Gasteiger partial charge in [0.1, 0.15) is 0 Å². The van der Waals surface area contributed by atoms with E-state index in [1.54, 1.807) is 0 Å². The molecule has 1 fully saturated rings. The van der Waals surface area contributed by atoms with Crippen LogP contribution in [0.15, 0.2) is 0 Å². The molecule has 76 valence electrons. The lowest BCUT2D eigenvalue weighted by Gasteiger charge is -2.26. The van der Waals surface area contributed by atoms with Gasteiger partial charge in [-0.05, 0) is 26.3 Å². The first kappa shape index (κ1) is 10.5. The Morgan fingerprint density at radius 3 is 2.85 bits per heavy atom. The van der Waals surface area contributed by atoms with Crippen molar-refractivity contribution in [2.45, 2.75) is 32.7 Å². The Kier molecular flexibility index (Phi) is 3.72. The summed E-state index contributed by atoms with van der Waals surface area (Å²) in [6.45, 7) is 6.06. The maximum absolute atomic E-state index is 11.8. The van der Waals surface area contributed by atoms with Gasteiger partial charge in [-0.3, -0.25) is 4.79 Å². The third-order valence-electron chi connectivity index (χ3n) is 3.01. The van der Waals surface area contributed by atoms with Crippen molar-refractivity contribution in [2.75, 3.05) is 20.1 Å². The van der Waals surface area contributed by atoms with E-state index >= 15 is 0 Å². The van der Waals surface area contributed by atoms with E-state index in [9.17, 15) is 4.79 Å². The number of rotatable bonds is 3. The summed E-state index contributed by atoms with van der Waals surface area (Å²) < 4.78 is 0. The average molecular weight is 184 g/mol. The molecule has 1 saturated heterocycles. The lowest BCUT2D eigenvalue weighted by Crippen LogP contribution is -2.39. The van der Waals surface area contributed by atoms with Gasteiger partial charge in [0.15, 0.2) is 0 Å². The standard InChI is InChI=1S/C10H20N2O/c1-4-8(2)12(3)10(13)9-5-6-11-7-9/h8-9,11H,4-7H2,1-3H3. The zero-order chi connectivity index (χ0) is 9.84. The zero-order valence-electron chi connectivity index (χ0n) is 8.84.